The molecule has 0 aliphatic heterocycles. The van der Waals surface area contributed by atoms with Gasteiger partial charge in [0.25, 0.3) is 0 Å². The van der Waals surface area contributed by atoms with Gasteiger partial charge in [0.05, 0.1) is 11.6 Å². The third kappa shape index (κ3) is 3.17. The molecule has 0 saturated heterocycles. The van der Waals surface area contributed by atoms with Gasteiger partial charge in [-0.1, -0.05) is 18.2 Å². The Bertz CT molecular complexity index is 626. The highest BCUT2D eigenvalue weighted by Gasteiger charge is 2.05. The molecule has 3 nitrogen and oxygen atoms in total. The molecule has 1 unspecified atom stereocenters. The lowest BCUT2D eigenvalue weighted by Crippen LogP contribution is -2.11. The highest BCUT2D eigenvalue weighted by Crippen LogP contribution is 2.27. The average molecular weight is 266 g/mol. The lowest BCUT2D eigenvalue weighted by molar-refractivity contribution is 0.478. The summed E-state index contributed by atoms with van der Waals surface area (Å²) in [5, 5.41) is 12.1. The normalized spacial score (nSPS) is 11.7. The molecule has 3 heteroatoms. The molecule has 2 aromatic rings. The minimum absolute atomic E-state index is 0.313. The fourth-order valence-corrected chi connectivity index (χ4v) is 1.90. The Balaban J connectivity index is 2.20. The van der Waals surface area contributed by atoms with Gasteiger partial charge in [0.1, 0.15) is 11.5 Å². The number of aryl methyl sites for hydroxylation is 1. The number of nitrogens with zero attached hydrogens (tertiary/aromatic N) is 1. The summed E-state index contributed by atoms with van der Waals surface area (Å²) in [5.41, 5.74) is 2.82. The van der Waals surface area contributed by atoms with Crippen LogP contribution in [-0.2, 0) is 0 Å². The van der Waals surface area contributed by atoms with Crippen molar-refractivity contribution < 1.29 is 4.74 Å². The monoisotopic (exact) mass is 266 g/mol. The van der Waals surface area contributed by atoms with Crippen molar-refractivity contribution in [3.8, 4) is 17.6 Å². The predicted octanol–water partition coefficient (Wildman–Crippen LogP) is 3.94. The molecule has 1 atom stereocenters. The van der Waals surface area contributed by atoms with Crippen molar-refractivity contribution in [2.24, 2.45) is 0 Å². The summed E-state index contributed by atoms with van der Waals surface area (Å²) in [6, 6.07) is 15.9. The summed E-state index contributed by atoms with van der Waals surface area (Å²) in [6.07, 6.45) is 0. The van der Waals surface area contributed by atoms with E-state index in [1.54, 1.807) is 12.1 Å². The highest BCUT2D eigenvalue weighted by atomic mass is 16.5. The Morgan fingerprint density at radius 2 is 1.85 bits per heavy atom. The second kappa shape index (κ2) is 6.23. The third-order valence-corrected chi connectivity index (χ3v) is 3.36. The molecule has 20 heavy (non-hydrogen) atoms. The Labute approximate surface area is 119 Å². The van der Waals surface area contributed by atoms with Gasteiger partial charge in [-0.05, 0) is 56.3 Å². The van der Waals surface area contributed by atoms with E-state index in [0.29, 0.717) is 11.6 Å². The van der Waals surface area contributed by atoms with E-state index < -0.39 is 0 Å². The maximum Gasteiger partial charge on any atom is 0.131 e. The molecular weight excluding hydrogens is 248 g/mol. The molecule has 0 aliphatic rings. The van der Waals surface area contributed by atoms with Crippen molar-refractivity contribution in [1.29, 1.82) is 5.26 Å². The molecule has 102 valence electrons. The first-order valence-corrected chi connectivity index (χ1v) is 6.60. The van der Waals surface area contributed by atoms with Crippen molar-refractivity contribution in [2.45, 2.75) is 19.9 Å². The number of nitrogens with one attached hydrogen (secondary N) is 1. The van der Waals surface area contributed by atoms with Crippen LogP contribution in [0.1, 0.15) is 29.7 Å². The number of hydrogen-bond donors (Lipinski definition) is 1. The lowest BCUT2D eigenvalue weighted by atomic mass is 10.1. The highest BCUT2D eigenvalue weighted by molar-refractivity contribution is 5.44. The van der Waals surface area contributed by atoms with Crippen LogP contribution in [0.4, 0.5) is 0 Å². The fraction of sp³-hybridized carbons (Fsp3) is 0.235. The first-order valence-electron chi connectivity index (χ1n) is 6.60. The van der Waals surface area contributed by atoms with Crippen LogP contribution < -0.4 is 10.1 Å². The molecule has 0 saturated carbocycles. The molecule has 0 radical (unpaired) electrons. The van der Waals surface area contributed by atoms with E-state index in [-0.39, 0.29) is 0 Å². The van der Waals surface area contributed by atoms with E-state index in [4.69, 9.17) is 10.00 Å². The van der Waals surface area contributed by atoms with Crippen LogP contribution >= 0.6 is 0 Å². The first-order chi connectivity index (χ1) is 9.63. The topological polar surface area (TPSA) is 45.0 Å². The quantitative estimate of drug-likeness (QED) is 0.911. The zero-order valence-corrected chi connectivity index (χ0v) is 12.0. The Kier molecular flexibility index (Phi) is 4.39. The zero-order valence-electron chi connectivity index (χ0n) is 12.0. The van der Waals surface area contributed by atoms with E-state index in [1.807, 2.05) is 44.3 Å². The van der Waals surface area contributed by atoms with E-state index in [0.717, 1.165) is 17.1 Å². The fourth-order valence-electron chi connectivity index (χ4n) is 1.90. The molecule has 0 aliphatic carbocycles. The Hall–Kier alpha value is -2.31. The summed E-state index contributed by atoms with van der Waals surface area (Å²) in [7, 11) is 1.94. The Morgan fingerprint density at radius 3 is 2.45 bits per heavy atom. The van der Waals surface area contributed by atoms with Crippen LogP contribution in [-0.4, -0.2) is 7.05 Å². The second-order valence-electron chi connectivity index (χ2n) is 4.77. The maximum absolute atomic E-state index is 8.93. The minimum Gasteiger partial charge on any atom is -0.457 e. The number of nitriles is 1. The van der Waals surface area contributed by atoms with Gasteiger partial charge in [-0.2, -0.15) is 5.26 Å². The molecule has 0 fully saturated rings. The van der Waals surface area contributed by atoms with Gasteiger partial charge in [0.15, 0.2) is 0 Å². The van der Waals surface area contributed by atoms with Crippen LogP contribution in [0.5, 0.6) is 11.5 Å². The summed E-state index contributed by atoms with van der Waals surface area (Å²) in [6.45, 7) is 4.07. The van der Waals surface area contributed by atoms with Gasteiger partial charge < -0.3 is 10.1 Å². The molecule has 0 amide bonds. The SMILES string of the molecule is CNC(C)c1ccc(Oc2cc(C#N)ccc2C)cc1. The molecule has 0 bridgehead atoms. The number of hydrogen-bond acceptors (Lipinski definition) is 3. The third-order valence-electron chi connectivity index (χ3n) is 3.36. The minimum atomic E-state index is 0.313. The molecule has 1 N–H and O–H groups in total. The van der Waals surface area contributed by atoms with Crippen molar-refractivity contribution >= 4 is 0 Å². The number of rotatable bonds is 4. The summed E-state index contributed by atoms with van der Waals surface area (Å²) in [4.78, 5) is 0. The van der Waals surface area contributed by atoms with Crippen LogP contribution in [0.25, 0.3) is 0 Å². The molecule has 0 aromatic heterocycles. The standard InChI is InChI=1S/C17H18N2O/c1-12-4-5-14(11-18)10-17(12)20-16-8-6-15(7-9-16)13(2)19-3/h4-10,13,19H,1-3H3. The second-order valence-corrected chi connectivity index (χ2v) is 4.77. The maximum atomic E-state index is 8.93. The van der Waals surface area contributed by atoms with E-state index in [1.165, 1.54) is 5.56 Å². The Morgan fingerprint density at radius 1 is 1.15 bits per heavy atom. The van der Waals surface area contributed by atoms with Gasteiger partial charge in [0, 0.05) is 6.04 Å². The molecule has 2 aromatic carbocycles. The van der Waals surface area contributed by atoms with Gasteiger partial charge in [-0.3, -0.25) is 0 Å². The first kappa shape index (κ1) is 14.1. The molecule has 2 rings (SSSR count). The van der Waals surface area contributed by atoms with Gasteiger partial charge in [-0.15, -0.1) is 0 Å². The van der Waals surface area contributed by atoms with Gasteiger partial charge in [0.2, 0.25) is 0 Å². The van der Waals surface area contributed by atoms with Crippen molar-refractivity contribution in [3.05, 3.63) is 59.2 Å². The van der Waals surface area contributed by atoms with Crippen LogP contribution in [0.15, 0.2) is 42.5 Å². The summed E-state index contributed by atoms with van der Waals surface area (Å²) >= 11 is 0. The van der Waals surface area contributed by atoms with Gasteiger partial charge in [-0.25, -0.2) is 0 Å². The van der Waals surface area contributed by atoms with E-state index in [2.05, 4.69) is 18.3 Å². The van der Waals surface area contributed by atoms with E-state index in [9.17, 15) is 0 Å². The molecule has 0 heterocycles. The lowest BCUT2D eigenvalue weighted by Gasteiger charge is -2.12. The summed E-state index contributed by atoms with van der Waals surface area (Å²) in [5.74, 6) is 1.49. The summed E-state index contributed by atoms with van der Waals surface area (Å²) < 4.78 is 5.85. The predicted molar refractivity (Wildman–Crippen MR) is 79.9 cm³/mol. The number of ether oxygens (including phenoxy) is 1. The smallest absolute Gasteiger partial charge is 0.131 e. The number of benzene rings is 2. The molecule has 0 spiro atoms. The van der Waals surface area contributed by atoms with Crippen molar-refractivity contribution in [1.82, 2.24) is 5.32 Å². The van der Waals surface area contributed by atoms with Crippen LogP contribution in [0.2, 0.25) is 0 Å². The van der Waals surface area contributed by atoms with Crippen molar-refractivity contribution in [3.63, 3.8) is 0 Å². The van der Waals surface area contributed by atoms with Gasteiger partial charge >= 0.3 is 0 Å². The largest absolute Gasteiger partial charge is 0.457 e. The average Bonchev–Trinajstić information content (AvgIpc) is 2.49. The zero-order chi connectivity index (χ0) is 14.5. The van der Waals surface area contributed by atoms with Crippen LogP contribution in [0, 0.1) is 18.3 Å². The molecular formula is C17H18N2O. The van der Waals surface area contributed by atoms with Crippen LogP contribution in [0.3, 0.4) is 0 Å². The van der Waals surface area contributed by atoms with E-state index >= 15 is 0 Å². The van der Waals surface area contributed by atoms with Crippen molar-refractivity contribution in [2.75, 3.05) is 7.05 Å².